The zero-order chi connectivity index (χ0) is 13.5. The largest absolute Gasteiger partial charge is 0.306 e. The quantitative estimate of drug-likeness (QED) is 0.692. The predicted molar refractivity (Wildman–Crippen MR) is 72.3 cm³/mol. The normalized spacial score (nSPS) is 11.2. The number of halogens is 1. The standard InChI is InChI=1S/C15H22FNO/c1-12(2)8-10-17(3)11-9-15(18)13-6-4-5-7-14(13)16/h4-7,12H,8-11H2,1-3H3. The van der Waals surface area contributed by atoms with Crippen molar-refractivity contribution < 1.29 is 9.18 Å². The van der Waals surface area contributed by atoms with Crippen LogP contribution in [0, 0.1) is 11.7 Å². The second-order valence-corrected chi connectivity index (χ2v) is 5.14. The van der Waals surface area contributed by atoms with Crippen LogP contribution in [0.5, 0.6) is 0 Å². The first-order chi connectivity index (χ1) is 8.50. The Morgan fingerprint density at radius 1 is 1.28 bits per heavy atom. The number of ketones is 1. The fraction of sp³-hybridized carbons (Fsp3) is 0.533. The molecule has 18 heavy (non-hydrogen) atoms. The van der Waals surface area contributed by atoms with Gasteiger partial charge in [0, 0.05) is 13.0 Å². The second-order valence-electron chi connectivity index (χ2n) is 5.14. The molecule has 0 amide bonds. The molecule has 0 aliphatic heterocycles. The molecule has 0 heterocycles. The van der Waals surface area contributed by atoms with E-state index in [2.05, 4.69) is 18.7 Å². The van der Waals surface area contributed by atoms with Crippen LogP contribution in [0.3, 0.4) is 0 Å². The fourth-order valence-corrected chi connectivity index (χ4v) is 1.70. The Hall–Kier alpha value is -1.22. The van der Waals surface area contributed by atoms with E-state index in [0.717, 1.165) is 13.0 Å². The zero-order valence-electron chi connectivity index (χ0n) is 11.4. The van der Waals surface area contributed by atoms with Crippen molar-refractivity contribution >= 4 is 5.78 Å². The molecule has 0 N–H and O–H groups in total. The molecule has 0 saturated carbocycles. The third kappa shape index (κ3) is 4.96. The average Bonchev–Trinajstić information content (AvgIpc) is 2.34. The van der Waals surface area contributed by atoms with Crippen molar-refractivity contribution in [3.8, 4) is 0 Å². The van der Waals surface area contributed by atoms with Gasteiger partial charge in [0.2, 0.25) is 0 Å². The molecule has 0 unspecified atom stereocenters. The van der Waals surface area contributed by atoms with Gasteiger partial charge >= 0.3 is 0 Å². The van der Waals surface area contributed by atoms with E-state index in [4.69, 9.17) is 0 Å². The molecular formula is C15H22FNO. The minimum atomic E-state index is -0.424. The molecule has 0 aromatic heterocycles. The predicted octanol–water partition coefficient (Wildman–Crippen LogP) is 3.38. The molecule has 0 bridgehead atoms. The van der Waals surface area contributed by atoms with Crippen molar-refractivity contribution in [1.82, 2.24) is 4.90 Å². The molecule has 1 aromatic carbocycles. The topological polar surface area (TPSA) is 20.3 Å². The highest BCUT2D eigenvalue weighted by molar-refractivity contribution is 5.96. The monoisotopic (exact) mass is 251 g/mol. The Labute approximate surface area is 109 Å². The van der Waals surface area contributed by atoms with Crippen LogP contribution in [0.4, 0.5) is 4.39 Å². The molecule has 0 saturated heterocycles. The van der Waals surface area contributed by atoms with E-state index in [1.54, 1.807) is 18.2 Å². The molecule has 2 nitrogen and oxygen atoms in total. The zero-order valence-corrected chi connectivity index (χ0v) is 11.4. The van der Waals surface area contributed by atoms with Gasteiger partial charge in [-0.25, -0.2) is 4.39 Å². The van der Waals surface area contributed by atoms with Gasteiger partial charge < -0.3 is 4.90 Å². The summed E-state index contributed by atoms with van der Waals surface area (Å²) >= 11 is 0. The van der Waals surface area contributed by atoms with E-state index in [1.165, 1.54) is 6.07 Å². The molecule has 0 aliphatic carbocycles. The second kappa shape index (κ2) is 7.27. The molecule has 100 valence electrons. The van der Waals surface area contributed by atoms with Crippen molar-refractivity contribution in [3.63, 3.8) is 0 Å². The Morgan fingerprint density at radius 3 is 2.56 bits per heavy atom. The summed E-state index contributed by atoms with van der Waals surface area (Å²) in [5.41, 5.74) is 0.203. The molecule has 0 radical (unpaired) electrons. The first kappa shape index (κ1) is 14.8. The number of rotatable bonds is 7. The van der Waals surface area contributed by atoms with Gasteiger partial charge in [0.1, 0.15) is 5.82 Å². The van der Waals surface area contributed by atoms with E-state index in [9.17, 15) is 9.18 Å². The third-order valence-electron chi connectivity index (χ3n) is 2.98. The van der Waals surface area contributed by atoms with Crippen LogP contribution in [0.1, 0.15) is 37.0 Å². The molecule has 1 aromatic rings. The molecule has 0 aliphatic rings. The Morgan fingerprint density at radius 2 is 1.94 bits per heavy atom. The van der Waals surface area contributed by atoms with Gasteiger partial charge in [0.15, 0.2) is 5.78 Å². The van der Waals surface area contributed by atoms with Gasteiger partial charge in [-0.3, -0.25) is 4.79 Å². The van der Waals surface area contributed by atoms with Crippen LogP contribution in [0.2, 0.25) is 0 Å². The molecule has 1 rings (SSSR count). The number of carbonyl (C=O) groups excluding carboxylic acids is 1. The number of hydrogen-bond donors (Lipinski definition) is 0. The minimum Gasteiger partial charge on any atom is -0.306 e. The maximum atomic E-state index is 13.4. The molecular weight excluding hydrogens is 229 g/mol. The Kier molecular flexibility index (Phi) is 5.99. The fourth-order valence-electron chi connectivity index (χ4n) is 1.70. The Bertz CT molecular complexity index is 390. The number of nitrogens with zero attached hydrogens (tertiary/aromatic N) is 1. The highest BCUT2D eigenvalue weighted by Crippen LogP contribution is 2.09. The summed E-state index contributed by atoms with van der Waals surface area (Å²) < 4.78 is 13.4. The maximum absolute atomic E-state index is 13.4. The van der Waals surface area contributed by atoms with Crippen molar-refractivity contribution in [1.29, 1.82) is 0 Å². The molecule has 0 spiro atoms. The summed E-state index contributed by atoms with van der Waals surface area (Å²) in [7, 11) is 2.00. The SMILES string of the molecule is CC(C)CCN(C)CCC(=O)c1ccccc1F. The Balaban J connectivity index is 2.40. The van der Waals surface area contributed by atoms with Crippen LogP contribution >= 0.6 is 0 Å². The number of hydrogen-bond acceptors (Lipinski definition) is 2. The van der Waals surface area contributed by atoms with E-state index < -0.39 is 5.82 Å². The lowest BCUT2D eigenvalue weighted by molar-refractivity contribution is 0.0964. The minimum absolute atomic E-state index is 0.121. The van der Waals surface area contributed by atoms with Crippen LogP contribution < -0.4 is 0 Å². The average molecular weight is 251 g/mol. The van der Waals surface area contributed by atoms with Gasteiger partial charge in [-0.05, 0) is 38.1 Å². The number of Topliss-reactive ketones (excluding diaryl/α,β-unsaturated/α-hetero) is 1. The van der Waals surface area contributed by atoms with Crippen molar-refractivity contribution in [3.05, 3.63) is 35.6 Å². The number of benzene rings is 1. The summed E-state index contributed by atoms with van der Waals surface area (Å²) in [5, 5.41) is 0. The van der Waals surface area contributed by atoms with Crippen LogP contribution in [-0.4, -0.2) is 30.8 Å². The van der Waals surface area contributed by atoms with Crippen LogP contribution in [0.25, 0.3) is 0 Å². The van der Waals surface area contributed by atoms with E-state index in [1.807, 2.05) is 7.05 Å². The highest BCUT2D eigenvalue weighted by atomic mass is 19.1. The van der Waals surface area contributed by atoms with Gasteiger partial charge in [-0.2, -0.15) is 0 Å². The summed E-state index contributed by atoms with van der Waals surface area (Å²) in [5.74, 6) is 0.117. The van der Waals surface area contributed by atoms with E-state index in [-0.39, 0.29) is 11.3 Å². The van der Waals surface area contributed by atoms with Crippen molar-refractivity contribution in [2.75, 3.05) is 20.1 Å². The molecule has 0 atom stereocenters. The van der Waals surface area contributed by atoms with Crippen LogP contribution in [-0.2, 0) is 0 Å². The van der Waals surface area contributed by atoms with E-state index >= 15 is 0 Å². The maximum Gasteiger partial charge on any atom is 0.167 e. The summed E-state index contributed by atoms with van der Waals surface area (Å²) in [6, 6.07) is 6.17. The summed E-state index contributed by atoms with van der Waals surface area (Å²) in [4.78, 5) is 14.0. The van der Waals surface area contributed by atoms with Gasteiger partial charge in [-0.15, -0.1) is 0 Å². The van der Waals surface area contributed by atoms with Crippen molar-refractivity contribution in [2.24, 2.45) is 5.92 Å². The van der Waals surface area contributed by atoms with E-state index in [0.29, 0.717) is 18.9 Å². The first-order valence-electron chi connectivity index (χ1n) is 6.47. The van der Waals surface area contributed by atoms with Gasteiger partial charge in [-0.1, -0.05) is 26.0 Å². The lowest BCUT2D eigenvalue weighted by atomic mass is 10.1. The summed E-state index contributed by atoms with van der Waals surface area (Å²) in [6.45, 7) is 6.01. The third-order valence-corrected chi connectivity index (χ3v) is 2.98. The first-order valence-corrected chi connectivity index (χ1v) is 6.47. The van der Waals surface area contributed by atoms with Crippen LogP contribution in [0.15, 0.2) is 24.3 Å². The molecule has 3 heteroatoms. The number of carbonyl (C=O) groups is 1. The lowest BCUT2D eigenvalue weighted by Gasteiger charge is -2.17. The summed E-state index contributed by atoms with van der Waals surface area (Å²) in [6.07, 6.45) is 1.49. The van der Waals surface area contributed by atoms with Gasteiger partial charge in [0.25, 0.3) is 0 Å². The smallest absolute Gasteiger partial charge is 0.167 e. The van der Waals surface area contributed by atoms with Crippen molar-refractivity contribution in [2.45, 2.75) is 26.7 Å². The highest BCUT2D eigenvalue weighted by Gasteiger charge is 2.11. The van der Waals surface area contributed by atoms with Gasteiger partial charge in [0.05, 0.1) is 5.56 Å². The molecule has 0 fully saturated rings. The lowest BCUT2D eigenvalue weighted by Crippen LogP contribution is -2.24.